The molecule has 10 heteroatoms. The van der Waals surface area contributed by atoms with Crippen LogP contribution in [0.2, 0.25) is 0 Å². The van der Waals surface area contributed by atoms with Crippen molar-refractivity contribution < 1.29 is 13.2 Å². The van der Waals surface area contributed by atoms with E-state index in [4.69, 9.17) is 5.26 Å². The van der Waals surface area contributed by atoms with Crippen molar-refractivity contribution in [1.82, 2.24) is 23.8 Å². The van der Waals surface area contributed by atoms with Crippen molar-refractivity contribution in [3.8, 4) is 11.9 Å². The molecule has 4 rings (SSSR count). The number of fused-ring (bicyclic) bond motifs is 1. The molecule has 1 amide bonds. The quantitative estimate of drug-likeness (QED) is 0.546. The van der Waals surface area contributed by atoms with Gasteiger partial charge in [0.05, 0.1) is 22.8 Å². The van der Waals surface area contributed by atoms with E-state index in [1.807, 2.05) is 34.5 Å². The van der Waals surface area contributed by atoms with Gasteiger partial charge in [0.1, 0.15) is 5.82 Å². The number of amides is 1. The van der Waals surface area contributed by atoms with Crippen molar-refractivity contribution >= 4 is 33.1 Å². The standard InChI is InChI=1S/C21H22N6O3S/c1-14-18(6-8-20(28)25-31(29,30)23-13-15-3-4-15)21(26(2)24-14)27-10-9-17-11-16(12-22)5-7-19(17)27/h5-11,15,23H,3-4,13H2,1-2H3,(H,25,28). The number of rotatable bonds is 7. The molecule has 1 saturated carbocycles. The fraction of sp³-hybridized carbons (Fsp3) is 0.286. The molecule has 0 saturated heterocycles. The molecule has 160 valence electrons. The molecule has 0 radical (unpaired) electrons. The molecule has 2 heterocycles. The van der Waals surface area contributed by atoms with Gasteiger partial charge in [0.15, 0.2) is 0 Å². The van der Waals surface area contributed by atoms with E-state index in [0.29, 0.717) is 29.3 Å². The van der Waals surface area contributed by atoms with Gasteiger partial charge in [0.25, 0.3) is 5.91 Å². The molecule has 0 atom stereocenters. The van der Waals surface area contributed by atoms with E-state index in [1.165, 1.54) is 6.08 Å². The van der Waals surface area contributed by atoms with E-state index in [9.17, 15) is 13.2 Å². The van der Waals surface area contributed by atoms with Crippen LogP contribution >= 0.6 is 0 Å². The Bertz CT molecular complexity index is 1340. The number of hydrogen-bond acceptors (Lipinski definition) is 5. The van der Waals surface area contributed by atoms with Gasteiger partial charge in [-0.2, -0.15) is 23.5 Å². The highest BCUT2D eigenvalue weighted by Crippen LogP contribution is 2.28. The van der Waals surface area contributed by atoms with Crippen molar-refractivity contribution in [3.63, 3.8) is 0 Å². The van der Waals surface area contributed by atoms with Crippen LogP contribution < -0.4 is 9.44 Å². The van der Waals surface area contributed by atoms with Gasteiger partial charge in [-0.05, 0) is 56.0 Å². The van der Waals surface area contributed by atoms with Gasteiger partial charge in [-0.25, -0.2) is 4.72 Å². The molecule has 2 aromatic heterocycles. The lowest BCUT2D eigenvalue weighted by atomic mass is 10.2. The molecule has 2 N–H and O–H groups in total. The molecule has 1 fully saturated rings. The van der Waals surface area contributed by atoms with Gasteiger partial charge in [-0.3, -0.25) is 9.48 Å². The lowest BCUT2D eigenvalue weighted by molar-refractivity contribution is -0.114. The number of nitriles is 1. The van der Waals surface area contributed by atoms with Gasteiger partial charge >= 0.3 is 10.2 Å². The Kier molecular flexibility index (Phi) is 5.39. The van der Waals surface area contributed by atoms with E-state index < -0.39 is 16.1 Å². The molecule has 1 aromatic carbocycles. The van der Waals surface area contributed by atoms with Crippen LogP contribution in [0.3, 0.4) is 0 Å². The first kappa shape index (κ1) is 20.8. The number of nitrogens with one attached hydrogen (secondary N) is 2. The summed E-state index contributed by atoms with van der Waals surface area (Å²) in [6.45, 7) is 2.15. The summed E-state index contributed by atoms with van der Waals surface area (Å²) in [4.78, 5) is 12.2. The first-order chi connectivity index (χ1) is 14.8. The molecule has 0 bridgehead atoms. The Labute approximate surface area is 180 Å². The summed E-state index contributed by atoms with van der Waals surface area (Å²) in [7, 11) is -2.09. The molecule has 0 aliphatic heterocycles. The van der Waals surface area contributed by atoms with E-state index >= 15 is 0 Å². The fourth-order valence-corrected chi connectivity index (χ4v) is 4.31. The van der Waals surface area contributed by atoms with Crippen LogP contribution in [-0.2, 0) is 22.1 Å². The van der Waals surface area contributed by atoms with Crippen molar-refractivity contribution in [2.75, 3.05) is 6.54 Å². The molecular weight excluding hydrogens is 416 g/mol. The number of hydrogen-bond donors (Lipinski definition) is 2. The summed E-state index contributed by atoms with van der Waals surface area (Å²) in [5.74, 6) is 0.341. The predicted octanol–water partition coefficient (Wildman–Crippen LogP) is 1.92. The molecule has 1 aliphatic carbocycles. The third kappa shape index (κ3) is 4.52. The zero-order valence-electron chi connectivity index (χ0n) is 17.2. The smallest absolute Gasteiger partial charge is 0.301 e. The minimum absolute atomic E-state index is 0.340. The van der Waals surface area contributed by atoms with Crippen molar-refractivity contribution in [1.29, 1.82) is 5.26 Å². The Hall–Kier alpha value is -3.42. The van der Waals surface area contributed by atoms with Gasteiger partial charge in [0.2, 0.25) is 0 Å². The maximum atomic E-state index is 12.2. The lowest BCUT2D eigenvalue weighted by Gasteiger charge is -2.08. The molecule has 9 nitrogen and oxygen atoms in total. The zero-order valence-corrected chi connectivity index (χ0v) is 18.0. The molecule has 0 unspecified atom stereocenters. The Morgan fingerprint density at radius 2 is 2.13 bits per heavy atom. The van der Waals surface area contributed by atoms with Crippen LogP contribution in [0.25, 0.3) is 22.8 Å². The third-order valence-electron chi connectivity index (χ3n) is 5.18. The normalized spacial score (nSPS) is 14.2. The third-order valence-corrected chi connectivity index (χ3v) is 6.20. The zero-order chi connectivity index (χ0) is 22.2. The maximum absolute atomic E-state index is 12.2. The topological polar surface area (TPSA) is 122 Å². The average molecular weight is 439 g/mol. The van der Waals surface area contributed by atoms with E-state index in [1.54, 1.807) is 29.9 Å². The van der Waals surface area contributed by atoms with Gasteiger partial charge in [-0.1, -0.05) is 0 Å². The molecular formula is C21H22N6O3S. The van der Waals surface area contributed by atoms with E-state index in [-0.39, 0.29) is 0 Å². The fourth-order valence-electron chi connectivity index (χ4n) is 3.45. The number of carbonyl (C=O) groups excluding carboxylic acids is 1. The van der Waals surface area contributed by atoms with Crippen LogP contribution in [-0.4, -0.2) is 35.2 Å². The summed E-state index contributed by atoms with van der Waals surface area (Å²) in [6.07, 6.45) is 6.62. The monoisotopic (exact) mass is 438 g/mol. The Morgan fingerprint density at radius 3 is 2.84 bits per heavy atom. The second kappa shape index (κ2) is 8.02. The summed E-state index contributed by atoms with van der Waals surface area (Å²) in [6, 6.07) is 9.43. The number of benzene rings is 1. The lowest BCUT2D eigenvalue weighted by Crippen LogP contribution is -2.40. The van der Waals surface area contributed by atoms with Crippen LogP contribution in [0.15, 0.2) is 36.5 Å². The highest BCUT2D eigenvalue weighted by Gasteiger charge is 2.24. The molecule has 0 spiro atoms. The Morgan fingerprint density at radius 1 is 1.35 bits per heavy atom. The van der Waals surface area contributed by atoms with Crippen molar-refractivity contribution in [2.45, 2.75) is 19.8 Å². The average Bonchev–Trinajstić information content (AvgIpc) is 3.40. The number of nitrogens with zero attached hydrogens (tertiary/aromatic N) is 4. The van der Waals surface area contributed by atoms with Crippen LogP contribution in [0.5, 0.6) is 0 Å². The Balaban J connectivity index is 1.60. The summed E-state index contributed by atoms with van der Waals surface area (Å²) >= 11 is 0. The van der Waals surface area contributed by atoms with E-state index in [0.717, 1.165) is 29.6 Å². The molecule has 3 aromatic rings. The first-order valence-electron chi connectivity index (χ1n) is 9.82. The maximum Gasteiger partial charge on any atom is 0.301 e. The minimum atomic E-state index is -3.89. The van der Waals surface area contributed by atoms with Gasteiger partial charge < -0.3 is 4.57 Å². The van der Waals surface area contributed by atoms with Crippen molar-refractivity contribution in [2.24, 2.45) is 13.0 Å². The minimum Gasteiger partial charge on any atom is -0.301 e. The summed E-state index contributed by atoms with van der Waals surface area (Å²) in [5, 5.41) is 14.5. The first-order valence-corrected chi connectivity index (χ1v) is 11.3. The molecule has 31 heavy (non-hydrogen) atoms. The van der Waals surface area contributed by atoms with Crippen LogP contribution in [0, 0.1) is 24.2 Å². The number of aryl methyl sites for hydroxylation is 2. The van der Waals surface area contributed by atoms with Gasteiger partial charge in [0, 0.05) is 36.8 Å². The summed E-state index contributed by atoms with van der Waals surface area (Å²) < 4.78 is 32.0. The predicted molar refractivity (Wildman–Crippen MR) is 116 cm³/mol. The summed E-state index contributed by atoms with van der Waals surface area (Å²) in [5.41, 5.74) is 2.82. The van der Waals surface area contributed by atoms with Gasteiger partial charge in [-0.15, -0.1) is 0 Å². The molecule has 1 aliphatic rings. The highest BCUT2D eigenvalue weighted by molar-refractivity contribution is 7.88. The highest BCUT2D eigenvalue weighted by atomic mass is 32.2. The number of aromatic nitrogens is 3. The second-order valence-electron chi connectivity index (χ2n) is 7.61. The van der Waals surface area contributed by atoms with Crippen molar-refractivity contribution in [3.05, 3.63) is 53.4 Å². The second-order valence-corrected chi connectivity index (χ2v) is 9.11. The largest absolute Gasteiger partial charge is 0.301 e. The SMILES string of the molecule is Cc1nn(C)c(-n2ccc3cc(C#N)ccc32)c1C=CC(=O)NS(=O)(=O)NCC1CC1. The van der Waals surface area contributed by atoms with Crippen LogP contribution in [0.1, 0.15) is 29.7 Å². The van der Waals surface area contributed by atoms with E-state index in [2.05, 4.69) is 15.9 Å². The van der Waals surface area contributed by atoms with Crippen LogP contribution in [0.4, 0.5) is 0 Å². The number of carbonyl (C=O) groups is 1.